The van der Waals surface area contributed by atoms with Gasteiger partial charge in [-0.15, -0.1) is 0 Å². The fourth-order valence-electron chi connectivity index (χ4n) is 5.01. The fraction of sp³-hybridized carbons (Fsp3) is 0.342. The summed E-state index contributed by atoms with van der Waals surface area (Å²) >= 11 is 3.25. The molecule has 19 heteroatoms. The van der Waals surface area contributed by atoms with E-state index in [0.717, 1.165) is 7.94 Å². The monoisotopic (exact) mass is 889 g/mol. The topological polar surface area (TPSA) is 176 Å². The zero-order chi connectivity index (χ0) is 42.5. The van der Waals surface area contributed by atoms with Crippen LogP contribution >= 0.6 is 15.9 Å². The Labute approximate surface area is 340 Å². The highest BCUT2D eigenvalue weighted by atomic mass is 79.9. The molecule has 0 unspecified atom stereocenters. The lowest BCUT2D eigenvalue weighted by Crippen LogP contribution is -2.33. The van der Waals surface area contributed by atoms with Crippen molar-refractivity contribution in [2.75, 3.05) is 14.1 Å². The molecule has 0 atom stereocenters. The summed E-state index contributed by atoms with van der Waals surface area (Å²) in [6.07, 6.45) is 7.25. The largest absolute Gasteiger partial charge is 0.444 e. The van der Waals surface area contributed by atoms with Crippen LogP contribution in [0.1, 0.15) is 58.4 Å². The molecule has 0 bridgehead atoms. The van der Waals surface area contributed by atoms with Gasteiger partial charge in [0.2, 0.25) is 5.95 Å². The summed E-state index contributed by atoms with van der Waals surface area (Å²) in [4.78, 5) is 38.6. The highest BCUT2D eigenvalue weighted by molar-refractivity contribution is 9.10. The van der Waals surface area contributed by atoms with Crippen LogP contribution in [0.2, 0.25) is 0 Å². The Balaban J connectivity index is 0.000000261. The van der Waals surface area contributed by atoms with Crippen LogP contribution in [0.15, 0.2) is 100 Å². The van der Waals surface area contributed by atoms with Crippen molar-refractivity contribution in [3.8, 4) is 11.3 Å². The van der Waals surface area contributed by atoms with Gasteiger partial charge < -0.3 is 19.3 Å². The number of hydrogen-bond donors (Lipinski definition) is 0. The molecule has 0 aliphatic carbocycles. The van der Waals surface area contributed by atoms with Crippen molar-refractivity contribution in [2.45, 2.75) is 82.5 Å². The van der Waals surface area contributed by atoms with E-state index in [1.165, 1.54) is 84.4 Å². The Morgan fingerprint density at radius 1 is 0.754 bits per heavy atom. The van der Waals surface area contributed by atoms with Gasteiger partial charge in [-0.1, -0.05) is 0 Å². The molecule has 2 amide bonds. The Morgan fingerprint density at radius 3 is 1.65 bits per heavy atom. The predicted octanol–water partition coefficient (Wildman–Crippen LogP) is 7.25. The minimum Gasteiger partial charge on any atom is -0.444 e. The second-order valence-corrected chi connectivity index (χ2v) is 19.3. The van der Waals surface area contributed by atoms with E-state index in [1.807, 2.05) is 0 Å². The number of nitrogens with zero attached hydrogens (tertiary/aromatic N) is 7. The van der Waals surface area contributed by atoms with E-state index in [2.05, 4.69) is 30.9 Å². The van der Waals surface area contributed by atoms with E-state index in [9.17, 15) is 30.8 Å². The second-order valence-electron chi connectivity index (χ2n) is 14.8. The molecule has 5 aromatic heterocycles. The van der Waals surface area contributed by atoms with E-state index < -0.39 is 49.4 Å². The lowest BCUT2D eigenvalue weighted by molar-refractivity contribution is 0.0275. The van der Waals surface area contributed by atoms with Gasteiger partial charge in [0.05, 0.1) is 24.3 Å². The van der Waals surface area contributed by atoms with Gasteiger partial charge >= 0.3 is 12.2 Å². The maximum Gasteiger partial charge on any atom is 0.410 e. The molecule has 57 heavy (non-hydrogen) atoms. The van der Waals surface area contributed by atoms with Crippen molar-refractivity contribution < 1.29 is 40.3 Å². The number of aromatic nitrogens is 5. The zero-order valence-electron chi connectivity index (χ0n) is 33.0. The number of rotatable bonds is 9. The maximum atomic E-state index is 14.7. The Hall–Kier alpha value is -5.14. The molecule has 0 fully saturated rings. The highest BCUT2D eigenvalue weighted by Gasteiger charge is 2.27. The summed E-state index contributed by atoms with van der Waals surface area (Å²) in [6.45, 7) is 12.5. The van der Waals surface area contributed by atoms with Gasteiger partial charge in [-0.25, -0.2) is 39.4 Å². The van der Waals surface area contributed by atoms with Gasteiger partial charge in [0.25, 0.3) is 20.0 Å². The summed E-state index contributed by atoms with van der Waals surface area (Å²) in [5, 5.41) is 0. The molecule has 306 valence electrons. The molecular weight excluding hydrogens is 845 g/mol. The van der Waals surface area contributed by atoms with Crippen LogP contribution in [0, 0.1) is 12.9 Å². The molecule has 5 heterocycles. The van der Waals surface area contributed by atoms with E-state index in [1.54, 1.807) is 73.7 Å². The first-order valence-electron chi connectivity index (χ1n) is 17.3. The van der Waals surface area contributed by atoms with Gasteiger partial charge in [0.15, 0.2) is 0 Å². The van der Waals surface area contributed by atoms with Crippen LogP contribution in [-0.2, 0) is 42.6 Å². The van der Waals surface area contributed by atoms with Crippen molar-refractivity contribution in [2.24, 2.45) is 0 Å². The van der Waals surface area contributed by atoms with Crippen molar-refractivity contribution in [1.29, 1.82) is 0 Å². The Bertz CT molecular complexity index is 2430. The molecule has 0 aliphatic heterocycles. The van der Waals surface area contributed by atoms with Gasteiger partial charge in [-0.05, 0) is 124 Å². The Kier molecular flexibility index (Phi) is 13.7. The van der Waals surface area contributed by atoms with E-state index >= 15 is 0 Å². The quantitative estimate of drug-likeness (QED) is 0.136. The Morgan fingerprint density at radius 2 is 1.21 bits per heavy atom. The number of pyridine rings is 3. The summed E-state index contributed by atoms with van der Waals surface area (Å²) in [7, 11) is -4.72. The molecule has 5 rings (SSSR count). The molecule has 0 saturated carbocycles. The lowest BCUT2D eigenvalue weighted by Gasteiger charge is -2.24. The van der Waals surface area contributed by atoms with Crippen molar-refractivity contribution in [3.63, 3.8) is 0 Å². The van der Waals surface area contributed by atoms with Gasteiger partial charge in [-0.3, -0.25) is 9.97 Å². The molecule has 0 aliphatic rings. The number of amides is 2. The average molecular weight is 891 g/mol. The van der Waals surface area contributed by atoms with Crippen molar-refractivity contribution in [1.82, 2.24) is 32.7 Å². The normalized spacial score (nSPS) is 12.0. The molecule has 5 aromatic rings. The summed E-state index contributed by atoms with van der Waals surface area (Å²) < 4.78 is 79.7. The predicted molar refractivity (Wildman–Crippen MR) is 214 cm³/mol. The third-order valence-electron chi connectivity index (χ3n) is 7.54. The van der Waals surface area contributed by atoms with Gasteiger partial charge in [0.1, 0.15) is 25.6 Å². The molecule has 0 N–H and O–H groups in total. The third-order valence-corrected chi connectivity index (χ3v) is 11.7. The van der Waals surface area contributed by atoms with Crippen LogP contribution < -0.4 is 0 Å². The maximum absolute atomic E-state index is 14.7. The molecule has 15 nitrogen and oxygen atoms in total. The summed E-state index contributed by atoms with van der Waals surface area (Å²) in [5.41, 5.74) is 0.420. The van der Waals surface area contributed by atoms with Gasteiger partial charge in [0, 0.05) is 57.0 Å². The van der Waals surface area contributed by atoms with Crippen LogP contribution in [0.5, 0.6) is 0 Å². The first-order chi connectivity index (χ1) is 26.4. The average Bonchev–Trinajstić information content (AvgIpc) is 3.71. The van der Waals surface area contributed by atoms with E-state index in [4.69, 9.17) is 9.47 Å². The van der Waals surface area contributed by atoms with Crippen LogP contribution in [0.25, 0.3) is 11.3 Å². The molecule has 0 saturated heterocycles. The molecule has 0 radical (unpaired) electrons. The molecule has 0 aromatic carbocycles. The second kappa shape index (κ2) is 17.6. The van der Waals surface area contributed by atoms with E-state index in [0.29, 0.717) is 21.4 Å². The SMILES string of the molecule is CN(Cc1cc(Br)n(S(=O)(=O)c2cccnc2)c1)C(=O)OC(C)(C)C.Cc1ccc(-c2cc(CN(C)C(=O)OC(C)(C)C)cn2S(=O)(=O)c2cccnc2)c(F)n1. The number of aryl methyl sites for hydroxylation is 1. The lowest BCUT2D eigenvalue weighted by atomic mass is 10.1. The number of ether oxygens (including phenoxy) is 2. The number of carbonyl (C=O) groups excluding carboxylic acids is 2. The van der Waals surface area contributed by atoms with E-state index in [-0.39, 0.29) is 34.1 Å². The van der Waals surface area contributed by atoms with Crippen molar-refractivity contribution >= 4 is 48.2 Å². The number of halogens is 2. The smallest absolute Gasteiger partial charge is 0.410 e. The molecule has 0 spiro atoms. The molecular formula is C38H45BrFN7O8S2. The van der Waals surface area contributed by atoms with Crippen LogP contribution in [-0.4, -0.2) is 87.0 Å². The zero-order valence-corrected chi connectivity index (χ0v) is 36.2. The minimum absolute atomic E-state index is 0.0224. The highest BCUT2D eigenvalue weighted by Crippen LogP contribution is 2.29. The summed E-state index contributed by atoms with van der Waals surface area (Å²) in [6, 6.07) is 12.2. The minimum atomic E-state index is -4.08. The first kappa shape index (κ1) is 44.6. The van der Waals surface area contributed by atoms with Crippen molar-refractivity contribution in [3.05, 3.63) is 113 Å². The number of carbonyl (C=O) groups is 2. The van der Waals surface area contributed by atoms with Crippen LogP contribution in [0.3, 0.4) is 0 Å². The standard InChI is InChI=1S/C22H25FN4O4S.C16H20BrN3O4S/c1-15-8-9-18(20(23)25-15)19-11-16(13-26(5)21(28)31-22(2,3)4)14-27(19)32(29,30)17-7-6-10-24-12-17;1-16(2,3)24-15(21)19(4)10-12-8-14(17)20(11-12)25(22,23)13-6-5-7-18-9-13/h6-12,14H,13H2,1-5H3;5-9,11H,10H2,1-4H3. The third kappa shape index (κ3) is 11.7. The summed E-state index contributed by atoms with van der Waals surface area (Å²) in [5.74, 6) is -0.794. The van der Waals surface area contributed by atoms with Crippen LogP contribution in [0.4, 0.5) is 14.0 Å². The van der Waals surface area contributed by atoms with Gasteiger partial charge in [-0.2, -0.15) is 4.39 Å². The first-order valence-corrected chi connectivity index (χ1v) is 21.0. The number of hydrogen-bond acceptors (Lipinski definition) is 11. The fourth-order valence-corrected chi connectivity index (χ4v) is 8.57.